The van der Waals surface area contributed by atoms with E-state index in [1.54, 1.807) is 6.20 Å². The van der Waals surface area contributed by atoms with Crippen molar-refractivity contribution in [1.82, 2.24) is 15.5 Å². The summed E-state index contributed by atoms with van der Waals surface area (Å²) >= 11 is 0. The molecule has 1 amide bonds. The van der Waals surface area contributed by atoms with Gasteiger partial charge in [-0.05, 0) is 37.0 Å². The van der Waals surface area contributed by atoms with Crippen LogP contribution in [-0.4, -0.2) is 22.6 Å². The molecule has 2 aromatic rings. The van der Waals surface area contributed by atoms with E-state index >= 15 is 0 Å². The van der Waals surface area contributed by atoms with Gasteiger partial charge in [0.25, 0.3) is 5.91 Å². The maximum absolute atomic E-state index is 11.8. The van der Waals surface area contributed by atoms with Crippen LogP contribution in [0.3, 0.4) is 0 Å². The fraction of sp³-hybridized carbons (Fsp3) is 0.333. The summed E-state index contributed by atoms with van der Waals surface area (Å²) in [5.74, 6) is 0.719. The molecule has 1 aromatic carbocycles. The summed E-state index contributed by atoms with van der Waals surface area (Å²) < 4.78 is 0. The Labute approximate surface area is 93.0 Å². The first-order valence-electron chi connectivity index (χ1n) is 5.54. The van der Waals surface area contributed by atoms with Gasteiger partial charge in [-0.15, -0.1) is 0 Å². The lowest BCUT2D eigenvalue weighted by Crippen LogP contribution is -2.25. The molecule has 16 heavy (non-hydrogen) atoms. The Hall–Kier alpha value is -1.84. The van der Waals surface area contributed by atoms with Gasteiger partial charge >= 0.3 is 0 Å². The van der Waals surface area contributed by atoms with E-state index in [0.29, 0.717) is 11.5 Å². The second-order valence-electron chi connectivity index (χ2n) is 4.33. The molecule has 1 heterocycles. The number of aromatic amines is 1. The third-order valence-corrected chi connectivity index (χ3v) is 2.95. The van der Waals surface area contributed by atoms with Gasteiger partial charge in [0.15, 0.2) is 0 Å². The highest BCUT2D eigenvalue weighted by atomic mass is 16.1. The summed E-state index contributed by atoms with van der Waals surface area (Å²) in [5, 5.41) is 10.7. The molecule has 1 aliphatic carbocycles. The Bertz CT molecular complexity index is 528. The van der Waals surface area contributed by atoms with Gasteiger partial charge in [-0.1, -0.05) is 0 Å². The first kappa shape index (κ1) is 9.39. The van der Waals surface area contributed by atoms with Crippen LogP contribution < -0.4 is 5.32 Å². The Morgan fingerprint density at radius 1 is 1.50 bits per heavy atom. The van der Waals surface area contributed by atoms with E-state index in [4.69, 9.17) is 0 Å². The number of benzene rings is 1. The zero-order chi connectivity index (χ0) is 11.0. The minimum Gasteiger partial charge on any atom is -0.352 e. The highest BCUT2D eigenvalue weighted by Crippen LogP contribution is 2.27. The average Bonchev–Trinajstić information content (AvgIpc) is 3.01. The first-order chi connectivity index (χ1) is 7.83. The third-order valence-electron chi connectivity index (χ3n) is 2.95. The molecular weight excluding hydrogens is 202 g/mol. The smallest absolute Gasteiger partial charge is 0.251 e. The molecule has 0 bridgehead atoms. The molecule has 3 rings (SSSR count). The molecule has 1 aliphatic rings. The van der Waals surface area contributed by atoms with E-state index in [1.165, 1.54) is 12.8 Å². The van der Waals surface area contributed by atoms with Crippen molar-refractivity contribution in [1.29, 1.82) is 0 Å². The van der Waals surface area contributed by atoms with Crippen LogP contribution in [0.2, 0.25) is 0 Å². The van der Waals surface area contributed by atoms with Gasteiger partial charge < -0.3 is 5.32 Å². The Kier molecular flexibility index (Phi) is 2.13. The fourth-order valence-electron chi connectivity index (χ4n) is 1.75. The van der Waals surface area contributed by atoms with Gasteiger partial charge in [0.2, 0.25) is 0 Å². The summed E-state index contributed by atoms with van der Waals surface area (Å²) in [6, 6.07) is 5.57. The van der Waals surface area contributed by atoms with Crippen LogP contribution in [0.1, 0.15) is 23.2 Å². The lowest BCUT2D eigenvalue weighted by molar-refractivity contribution is 0.0952. The summed E-state index contributed by atoms with van der Waals surface area (Å²) in [6.45, 7) is 0.808. The minimum absolute atomic E-state index is 0.00926. The molecular formula is C12H13N3O. The maximum atomic E-state index is 11.8. The molecule has 0 saturated heterocycles. The molecule has 0 atom stereocenters. The van der Waals surface area contributed by atoms with Crippen LogP contribution >= 0.6 is 0 Å². The van der Waals surface area contributed by atoms with Crippen LogP contribution in [0.15, 0.2) is 24.4 Å². The molecule has 4 heteroatoms. The highest BCUT2D eigenvalue weighted by molar-refractivity contribution is 5.97. The Morgan fingerprint density at radius 2 is 2.38 bits per heavy atom. The van der Waals surface area contributed by atoms with E-state index < -0.39 is 0 Å². The molecule has 1 aromatic heterocycles. The fourth-order valence-corrected chi connectivity index (χ4v) is 1.75. The largest absolute Gasteiger partial charge is 0.352 e. The van der Waals surface area contributed by atoms with Crippen LogP contribution in [0.5, 0.6) is 0 Å². The molecule has 0 spiro atoms. The van der Waals surface area contributed by atoms with Gasteiger partial charge in [0.1, 0.15) is 0 Å². The van der Waals surface area contributed by atoms with E-state index in [2.05, 4.69) is 15.5 Å². The van der Waals surface area contributed by atoms with Gasteiger partial charge in [0.05, 0.1) is 11.7 Å². The number of carbonyl (C=O) groups excluding carboxylic acids is 1. The van der Waals surface area contributed by atoms with Crippen LogP contribution in [0, 0.1) is 5.92 Å². The molecule has 1 saturated carbocycles. The second kappa shape index (κ2) is 3.63. The topological polar surface area (TPSA) is 57.8 Å². The van der Waals surface area contributed by atoms with Gasteiger partial charge in [-0.2, -0.15) is 5.10 Å². The molecule has 0 aliphatic heterocycles. The van der Waals surface area contributed by atoms with Crippen molar-refractivity contribution in [3.63, 3.8) is 0 Å². The number of aromatic nitrogens is 2. The minimum atomic E-state index is 0.00926. The number of rotatable bonds is 3. The highest BCUT2D eigenvalue weighted by Gasteiger charge is 2.21. The number of nitrogens with zero attached hydrogens (tertiary/aromatic N) is 1. The van der Waals surface area contributed by atoms with Gasteiger partial charge in [-0.25, -0.2) is 0 Å². The number of carbonyl (C=O) groups is 1. The van der Waals surface area contributed by atoms with Crippen LogP contribution in [0.4, 0.5) is 0 Å². The number of fused-ring (bicyclic) bond motifs is 1. The number of nitrogens with one attached hydrogen (secondary N) is 2. The quantitative estimate of drug-likeness (QED) is 0.818. The molecule has 1 fully saturated rings. The number of H-pyrrole nitrogens is 1. The average molecular weight is 215 g/mol. The lowest BCUT2D eigenvalue weighted by Gasteiger charge is -2.03. The lowest BCUT2D eigenvalue weighted by atomic mass is 10.1. The number of hydrogen-bond donors (Lipinski definition) is 2. The maximum Gasteiger partial charge on any atom is 0.251 e. The predicted octanol–water partition coefficient (Wildman–Crippen LogP) is 1.70. The monoisotopic (exact) mass is 215 g/mol. The number of amides is 1. The van der Waals surface area contributed by atoms with Crippen molar-refractivity contribution in [2.75, 3.05) is 6.54 Å². The summed E-state index contributed by atoms with van der Waals surface area (Å²) in [7, 11) is 0. The zero-order valence-electron chi connectivity index (χ0n) is 8.86. The van der Waals surface area contributed by atoms with Crippen molar-refractivity contribution in [2.45, 2.75) is 12.8 Å². The zero-order valence-corrected chi connectivity index (χ0v) is 8.86. The second-order valence-corrected chi connectivity index (χ2v) is 4.33. The Morgan fingerprint density at radius 3 is 3.19 bits per heavy atom. The van der Waals surface area contributed by atoms with Crippen LogP contribution in [-0.2, 0) is 0 Å². The van der Waals surface area contributed by atoms with Crippen molar-refractivity contribution in [3.05, 3.63) is 30.0 Å². The predicted molar refractivity (Wildman–Crippen MR) is 61.2 cm³/mol. The molecule has 82 valence electrons. The number of hydrogen-bond acceptors (Lipinski definition) is 2. The van der Waals surface area contributed by atoms with Crippen molar-refractivity contribution < 1.29 is 4.79 Å². The van der Waals surface area contributed by atoms with Crippen molar-refractivity contribution in [2.24, 2.45) is 5.92 Å². The molecule has 0 radical (unpaired) electrons. The van der Waals surface area contributed by atoms with E-state index in [-0.39, 0.29) is 5.91 Å². The van der Waals surface area contributed by atoms with Crippen LogP contribution in [0.25, 0.3) is 10.9 Å². The SMILES string of the molecule is O=C(NCC1CC1)c1ccc2[nH]ncc2c1. The Balaban J connectivity index is 1.78. The van der Waals surface area contributed by atoms with Gasteiger partial charge in [0, 0.05) is 17.5 Å². The van der Waals surface area contributed by atoms with E-state index in [9.17, 15) is 4.79 Å². The first-order valence-corrected chi connectivity index (χ1v) is 5.54. The van der Waals surface area contributed by atoms with E-state index in [0.717, 1.165) is 17.4 Å². The third kappa shape index (κ3) is 1.78. The standard InChI is InChI=1S/C12H13N3O/c16-12(13-6-8-1-2-8)9-3-4-11-10(5-9)7-14-15-11/h3-5,7-8H,1-2,6H2,(H,13,16)(H,14,15). The van der Waals surface area contributed by atoms with Gasteiger partial charge in [-0.3, -0.25) is 9.89 Å². The van der Waals surface area contributed by atoms with Crippen molar-refractivity contribution >= 4 is 16.8 Å². The van der Waals surface area contributed by atoms with Crippen molar-refractivity contribution in [3.8, 4) is 0 Å². The summed E-state index contributed by atoms with van der Waals surface area (Å²) in [6.07, 6.45) is 4.23. The molecule has 2 N–H and O–H groups in total. The molecule has 0 unspecified atom stereocenters. The summed E-state index contributed by atoms with van der Waals surface area (Å²) in [4.78, 5) is 11.8. The van der Waals surface area contributed by atoms with E-state index in [1.807, 2.05) is 18.2 Å². The normalized spacial score (nSPS) is 15.2. The molecule has 4 nitrogen and oxygen atoms in total. The summed E-state index contributed by atoms with van der Waals surface area (Å²) in [5.41, 5.74) is 1.66.